The first-order valence-electron chi connectivity index (χ1n) is 10.8. The Morgan fingerprint density at radius 2 is 1.69 bits per heavy atom. The predicted octanol–water partition coefficient (Wildman–Crippen LogP) is 4.28. The molecule has 4 N–H and O–H groups in total. The minimum atomic E-state index is -0.602. The lowest BCUT2D eigenvalue weighted by atomic mass is 10.00. The van der Waals surface area contributed by atoms with E-state index in [0.717, 1.165) is 35.3 Å². The van der Waals surface area contributed by atoms with E-state index in [1.165, 1.54) is 21.4 Å². The van der Waals surface area contributed by atoms with Crippen molar-refractivity contribution < 1.29 is 9.53 Å². The Balaban J connectivity index is 1.90. The average Bonchev–Trinajstić information content (AvgIpc) is 2.96. The van der Waals surface area contributed by atoms with Crippen molar-refractivity contribution in [3.05, 3.63) is 44.2 Å². The molecule has 0 amide bonds. The standard InChI is InChI=1S/C24H34IN5O2/c1-15-11-17(12-16(2)21(15)29-9-7-28(6)8-10-29)20(26)13-18-19(25)14-30(22(18)27)23(31)32-24(3,4)5/h11-14H,7-10,26-27H2,1-6H3/b20-13-. The minimum absolute atomic E-state index is 0.314. The number of rotatable bonds is 3. The summed E-state index contributed by atoms with van der Waals surface area (Å²) in [4.78, 5) is 17.3. The molecule has 0 aliphatic carbocycles. The van der Waals surface area contributed by atoms with Gasteiger partial charge in [0.15, 0.2) is 0 Å². The molecule has 7 nitrogen and oxygen atoms in total. The number of anilines is 2. The number of carbonyl (C=O) groups is 1. The number of hydrogen-bond acceptors (Lipinski definition) is 6. The number of benzene rings is 1. The summed E-state index contributed by atoms with van der Waals surface area (Å²) in [5, 5.41) is 0. The monoisotopic (exact) mass is 551 g/mol. The summed E-state index contributed by atoms with van der Waals surface area (Å²) < 4.78 is 7.61. The second-order valence-electron chi connectivity index (χ2n) is 9.47. The zero-order valence-corrected chi connectivity index (χ0v) is 22.0. The Bertz CT molecular complexity index is 1020. The normalized spacial score (nSPS) is 15.8. The SMILES string of the molecule is Cc1cc(/C(N)=C/c2c(I)cn(C(=O)OC(C)(C)C)c2N)cc(C)c1N1CCN(C)CC1. The van der Waals surface area contributed by atoms with E-state index in [1.54, 1.807) is 6.20 Å². The second kappa shape index (κ2) is 9.35. The second-order valence-corrected chi connectivity index (χ2v) is 10.6. The van der Waals surface area contributed by atoms with Crippen LogP contribution in [-0.4, -0.2) is 54.4 Å². The average molecular weight is 551 g/mol. The summed E-state index contributed by atoms with van der Waals surface area (Å²) in [5.74, 6) is 0.314. The van der Waals surface area contributed by atoms with Gasteiger partial charge in [0.25, 0.3) is 0 Å². The Labute approximate surface area is 204 Å². The third-order valence-electron chi connectivity index (χ3n) is 5.57. The number of nitrogen functional groups attached to an aromatic ring is 1. The van der Waals surface area contributed by atoms with Crippen LogP contribution in [0.1, 0.15) is 43.0 Å². The van der Waals surface area contributed by atoms with Crippen molar-refractivity contribution in [2.45, 2.75) is 40.2 Å². The molecule has 1 aliphatic heterocycles. The summed E-state index contributed by atoms with van der Waals surface area (Å²) in [6, 6.07) is 4.25. The van der Waals surface area contributed by atoms with Gasteiger partial charge in [0.1, 0.15) is 11.4 Å². The van der Waals surface area contributed by atoms with Crippen molar-refractivity contribution in [3.63, 3.8) is 0 Å². The van der Waals surface area contributed by atoms with E-state index >= 15 is 0 Å². The Morgan fingerprint density at radius 3 is 2.22 bits per heavy atom. The zero-order chi connectivity index (χ0) is 23.8. The lowest BCUT2D eigenvalue weighted by molar-refractivity contribution is 0.0541. The van der Waals surface area contributed by atoms with E-state index in [-0.39, 0.29) is 0 Å². The molecule has 0 unspecified atom stereocenters. The molecule has 1 saturated heterocycles. The van der Waals surface area contributed by atoms with Crippen LogP contribution >= 0.6 is 22.6 Å². The van der Waals surface area contributed by atoms with Crippen LogP contribution in [0.5, 0.6) is 0 Å². The molecule has 0 spiro atoms. The molecule has 0 bridgehead atoms. The molecule has 174 valence electrons. The summed E-state index contributed by atoms with van der Waals surface area (Å²) in [6.07, 6.45) is 3.01. The van der Waals surface area contributed by atoms with Gasteiger partial charge in [0.2, 0.25) is 0 Å². The maximum Gasteiger partial charge on any atom is 0.420 e. The lowest BCUT2D eigenvalue weighted by Crippen LogP contribution is -2.45. The zero-order valence-electron chi connectivity index (χ0n) is 19.8. The number of carbonyl (C=O) groups excluding carboxylic acids is 1. The Morgan fingerprint density at radius 1 is 1.12 bits per heavy atom. The van der Waals surface area contributed by atoms with Crippen molar-refractivity contribution in [3.8, 4) is 0 Å². The highest BCUT2D eigenvalue weighted by molar-refractivity contribution is 14.1. The van der Waals surface area contributed by atoms with Crippen LogP contribution in [0.3, 0.4) is 0 Å². The van der Waals surface area contributed by atoms with Crippen LogP contribution in [0.25, 0.3) is 11.8 Å². The fourth-order valence-electron chi connectivity index (χ4n) is 4.00. The third kappa shape index (κ3) is 5.40. The first-order chi connectivity index (χ1) is 14.9. The van der Waals surface area contributed by atoms with E-state index in [4.69, 9.17) is 16.2 Å². The molecule has 1 aromatic heterocycles. The molecule has 1 aromatic carbocycles. The molecular weight excluding hydrogens is 517 g/mol. The topological polar surface area (TPSA) is 89.7 Å². The number of likely N-dealkylation sites (N-methyl/N-ethyl adjacent to an activating group) is 1. The molecule has 1 aliphatic rings. The van der Waals surface area contributed by atoms with E-state index < -0.39 is 11.7 Å². The summed E-state index contributed by atoms with van der Waals surface area (Å²) in [5.41, 5.74) is 18.1. The number of halogens is 1. The predicted molar refractivity (Wildman–Crippen MR) is 141 cm³/mol. The molecule has 32 heavy (non-hydrogen) atoms. The highest BCUT2D eigenvalue weighted by Crippen LogP contribution is 2.31. The van der Waals surface area contributed by atoms with E-state index in [2.05, 4.69) is 65.4 Å². The largest absolute Gasteiger partial charge is 0.443 e. The molecule has 2 heterocycles. The van der Waals surface area contributed by atoms with Crippen LogP contribution in [0, 0.1) is 17.4 Å². The Hall–Kier alpha value is -2.20. The fourth-order valence-corrected chi connectivity index (χ4v) is 4.71. The molecular formula is C24H34IN5O2. The number of nitrogens with two attached hydrogens (primary N) is 2. The summed E-state index contributed by atoms with van der Waals surface area (Å²) in [7, 11) is 2.16. The van der Waals surface area contributed by atoms with Crippen molar-refractivity contribution in [2.24, 2.45) is 5.73 Å². The lowest BCUT2D eigenvalue weighted by Gasteiger charge is -2.36. The first-order valence-corrected chi connectivity index (χ1v) is 11.9. The molecule has 0 saturated carbocycles. The molecule has 3 rings (SSSR count). The van der Waals surface area contributed by atoms with Crippen molar-refractivity contribution >= 4 is 52.0 Å². The number of hydrogen-bond donors (Lipinski definition) is 2. The van der Waals surface area contributed by atoms with Crippen molar-refractivity contribution in [2.75, 3.05) is 43.9 Å². The molecule has 0 atom stereocenters. The number of aryl methyl sites for hydroxylation is 2. The van der Waals surface area contributed by atoms with Crippen LogP contribution in [0.4, 0.5) is 16.3 Å². The quantitative estimate of drug-likeness (QED) is 0.554. The van der Waals surface area contributed by atoms with Gasteiger partial charge >= 0.3 is 6.09 Å². The van der Waals surface area contributed by atoms with Gasteiger partial charge in [-0.1, -0.05) is 0 Å². The molecule has 8 heteroatoms. The summed E-state index contributed by atoms with van der Waals surface area (Å²) >= 11 is 2.16. The van der Waals surface area contributed by atoms with E-state index in [1.807, 2.05) is 26.8 Å². The number of aromatic nitrogens is 1. The maximum absolute atomic E-state index is 12.5. The van der Waals surface area contributed by atoms with Gasteiger partial charge in [-0.05, 0) is 99.2 Å². The smallest absolute Gasteiger partial charge is 0.420 e. The third-order valence-corrected chi connectivity index (χ3v) is 6.43. The Kier molecular flexibility index (Phi) is 7.14. The van der Waals surface area contributed by atoms with Gasteiger partial charge < -0.3 is 26.0 Å². The fraction of sp³-hybridized carbons (Fsp3) is 0.458. The van der Waals surface area contributed by atoms with Crippen LogP contribution in [0.15, 0.2) is 18.3 Å². The van der Waals surface area contributed by atoms with E-state index in [0.29, 0.717) is 17.1 Å². The van der Waals surface area contributed by atoms with Crippen LogP contribution < -0.4 is 16.4 Å². The van der Waals surface area contributed by atoms with Gasteiger partial charge in [-0.25, -0.2) is 9.36 Å². The van der Waals surface area contributed by atoms with Crippen LogP contribution in [-0.2, 0) is 4.74 Å². The highest BCUT2D eigenvalue weighted by atomic mass is 127. The van der Waals surface area contributed by atoms with Gasteiger partial charge in [0.05, 0.1) is 0 Å². The number of piperazine rings is 1. The van der Waals surface area contributed by atoms with Crippen LogP contribution in [0.2, 0.25) is 0 Å². The van der Waals surface area contributed by atoms with Crippen molar-refractivity contribution in [1.82, 2.24) is 9.47 Å². The molecule has 1 fully saturated rings. The highest BCUT2D eigenvalue weighted by Gasteiger charge is 2.22. The number of ether oxygens (including phenoxy) is 1. The maximum atomic E-state index is 12.5. The molecule has 2 aromatic rings. The number of nitrogens with zero attached hydrogens (tertiary/aromatic N) is 3. The van der Waals surface area contributed by atoms with Gasteiger partial charge in [0, 0.05) is 52.9 Å². The minimum Gasteiger partial charge on any atom is -0.443 e. The van der Waals surface area contributed by atoms with E-state index in [9.17, 15) is 4.79 Å². The van der Waals surface area contributed by atoms with Crippen molar-refractivity contribution in [1.29, 1.82) is 0 Å². The molecule has 0 radical (unpaired) electrons. The van der Waals surface area contributed by atoms with Gasteiger partial charge in [-0.15, -0.1) is 0 Å². The van der Waals surface area contributed by atoms with Gasteiger partial charge in [-0.2, -0.15) is 0 Å². The first kappa shape index (κ1) is 24.4. The van der Waals surface area contributed by atoms with Gasteiger partial charge in [-0.3, -0.25) is 0 Å². The summed E-state index contributed by atoms with van der Waals surface area (Å²) in [6.45, 7) is 13.9.